The number of nitrogens with zero attached hydrogens (tertiary/aromatic N) is 2. The maximum atomic E-state index is 14.4. The van der Waals surface area contributed by atoms with E-state index in [-0.39, 0.29) is 34.6 Å². The van der Waals surface area contributed by atoms with E-state index in [1.165, 1.54) is 72.7 Å². The van der Waals surface area contributed by atoms with E-state index in [1.807, 2.05) is 44.2 Å². The Morgan fingerprint density at radius 1 is 0.889 bits per heavy atom. The lowest BCUT2D eigenvalue weighted by Crippen LogP contribution is -2.54. The van der Waals surface area contributed by atoms with Crippen LogP contribution in [0.3, 0.4) is 0 Å². The van der Waals surface area contributed by atoms with Gasteiger partial charge in [0, 0.05) is 24.0 Å². The first-order valence-electron chi connectivity index (χ1n) is 14.3. The summed E-state index contributed by atoms with van der Waals surface area (Å²) in [5.74, 6) is -1.04. The second-order valence-corrected chi connectivity index (χ2v) is 13.0. The van der Waals surface area contributed by atoms with E-state index in [4.69, 9.17) is 16.3 Å². The van der Waals surface area contributed by atoms with Crippen LogP contribution in [0.2, 0.25) is 5.02 Å². The lowest BCUT2D eigenvalue weighted by atomic mass is 10.0. The molecule has 0 saturated carbocycles. The van der Waals surface area contributed by atoms with Gasteiger partial charge >= 0.3 is 0 Å². The fraction of sp³-hybridized carbons (Fsp3) is 0.235. The van der Waals surface area contributed by atoms with Crippen molar-refractivity contribution in [2.75, 3.05) is 18.0 Å². The number of carbonyl (C=O) groups excluding carboxylic acids is 2. The normalized spacial score (nSPS) is 12.0. The molecule has 0 heterocycles. The predicted octanol–water partition coefficient (Wildman–Crippen LogP) is 5.85. The zero-order valence-electron chi connectivity index (χ0n) is 25.2. The Hall–Kier alpha value is -4.41. The fourth-order valence-corrected chi connectivity index (χ4v) is 6.35. The van der Waals surface area contributed by atoms with Crippen LogP contribution in [0.4, 0.5) is 10.1 Å². The van der Waals surface area contributed by atoms with Crippen LogP contribution in [-0.2, 0) is 32.6 Å². The zero-order chi connectivity index (χ0) is 32.6. The van der Waals surface area contributed by atoms with E-state index in [9.17, 15) is 22.4 Å². The molecule has 45 heavy (non-hydrogen) atoms. The SMILES string of the molecule is COc1ccc(S(=O)(=O)N(CC(=O)N(Cc2ccc(F)cc2)[C@H](Cc2ccccc2)C(=O)NC(C)C)c2cccc(Cl)c2)cc1. The topological polar surface area (TPSA) is 96.0 Å². The molecule has 4 aromatic carbocycles. The van der Waals surface area contributed by atoms with Gasteiger partial charge in [-0.3, -0.25) is 13.9 Å². The Bertz CT molecular complexity index is 1700. The summed E-state index contributed by atoms with van der Waals surface area (Å²) in [6.07, 6.45) is 0.161. The number of nitrogens with one attached hydrogen (secondary N) is 1. The fourth-order valence-electron chi connectivity index (χ4n) is 4.76. The molecular formula is C34H35ClFN3O5S. The van der Waals surface area contributed by atoms with Crippen molar-refractivity contribution in [3.05, 3.63) is 125 Å². The lowest BCUT2D eigenvalue weighted by Gasteiger charge is -2.34. The average molecular weight is 652 g/mol. The van der Waals surface area contributed by atoms with Crippen molar-refractivity contribution in [2.45, 2.75) is 43.8 Å². The third-order valence-electron chi connectivity index (χ3n) is 6.99. The number of hydrogen-bond acceptors (Lipinski definition) is 5. The molecule has 0 unspecified atom stereocenters. The van der Waals surface area contributed by atoms with Gasteiger partial charge in [-0.05, 0) is 79.6 Å². The van der Waals surface area contributed by atoms with Crippen molar-refractivity contribution < 1.29 is 27.1 Å². The van der Waals surface area contributed by atoms with Crippen LogP contribution >= 0.6 is 11.6 Å². The van der Waals surface area contributed by atoms with E-state index in [1.54, 1.807) is 12.1 Å². The van der Waals surface area contributed by atoms with E-state index in [0.29, 0.717) is 11.3 Å². The van der Waals surface area contributed by atoms with Gasteiger partial charge in [-0.2, -0.15) is 0 Å². The first-order valence-corrected chi connectivity index (χ1v) is 16.1. The summed E-state index contributed by atoms with van der Waals surface area (Å²) in [5, 5.41) is 3.17. The van der Waals surface area contributed by atoms with Gasteiger partial charge in [0.2, 0.25) is 11.8 Å². The molecule has 0 radical (unpaired) electrons. The number of ether oxygens (including phenoxy) is 1. The van der Waals surface area contributed by atoms with Gasteiger partial charge in [0.1, 0.15) is 24.2 Å². The second kappa shape index (κ2) is 15.0. The molecule has 0 spiro atoms. The number of hydrogen-bond donors (Lipinski definition) is 1. The molecular weight excluding hydrogens is 617 g/mol. The number of sulfonamides is 1. The second-order valence-electron chi connectivity index (χ2n) is 10.7. The van der Waals surface area contributed by atoms with Crippen molar-refractivity contribution in [3.8, 4) is 5.75 Å². The molecule has 11 heteroatoms. The van der Waals surface area contributed by atoms with Crippen LogP contribution < -0.4 is 14.4 Å². The van der Waals surface area contributed by atoms with Gasteiger partial charge < -0.3 is 15.0 Å². The molecule has 0 aliphatic heterocycles. The summed E-state index contributed by atoms with van der Waals surface area (Å²) in [7, 11) is -2.84. The monoisotopic (exact) mass is 651 g/mol. The van der Waals surface area contributed by atoms with Crippen molar-refractivity contribution in [3.63, 3.8) is 0 Å². The van der Waals surface area contributed by atoms with Crippen LogP contribution in [0.5, 0.6) is 5.75 Å². The molecule has 4 rings (SSSR count). The molecule has 236 valence electrons. The molecule has 8 nitrogen and oxygen atoms in total. The first-order chi connectivity index (χ1) is 21.5. The van der Waals surface area contributed by atoms with E-state index in [0.717, 1.165) is 9.87 Å². The van der Waals surface area contributed by atoms with Crippen LogP contribution in [-0.4, -0.2) is 50.9 Å². The van der Waals surface area contributed by atoms with Crippen molar-refractivity contribution in [2.24, 2.45) is 0 Å². The Kier molecular flexibility index (Phi) is 11.2. The van der Waals surface area contributed by atoms with E-state index < -0.39 is 40.2 Å². The van der Waals surface area contributed by atoms with Crippen molar-refractivity contribution >= 4 is 39.1 Å². The number of methoxy groups -OCH3 is 1. The molecule has 0 aliphatic rings. The minimum atomic E-state index is -4.31. The number of rotatable bonds is 13. The number of amides is 2. The van der Waals surface area contributed by atoms with Crippen LogP contribution in [0.15, 0.2) is 108 Å². The van der Waals surface area contributed by atoms with E-state index >= 15 is 0 Å². The van der Waals surface area contributed by atoms with Crippen molar-refractivity contribution in [1.82, 2.24) is 10.2 Å². The summed E-state index contributed by atoms with van der Waals surface area (Å²) >= 11 is 6.26. The predicted molar refractivity (Wildman–Crippen MR) is 173 cm³/mol. The number of anilines is 1. The minimum absolute atomic E-state index is 0.0699. The highest BCUT2D eigenvalue weighted by Gasteiger charge is 2.35. The number of carbonyl (C=O) groups is 2. The number of benzene rings is 4. The molecule has 2 amide bonds. The van der Waals surface area contributed by atoms with E-state index in [2.05, 4.69) is 5.32 Å². The molecule has 1 atom stereocenters. The Morgan fingerprint density at radius 2 is 1.56 bits per heavy atom. The number of halogens is 2. The third kappa shape index (κ3) is 8.83. The third-order valence-corrected chi connectivity index (χ3v) is 9.01. The summed E-state index contributed by atoms with van der Waals surface area (Å²) in [5.41, 5.74) is 1.53. The summed E-state index contributed by atoms with van der Waals surface area (Å²) in [4.78, 5) is 29.4. The summed E-state index contributed by atoms with van der Waals surface area (Å²) in [6, 6.07) is 25.5. The van der Waals surface area contributed by atoms with Gasteiger partial charge in [0.25, 0.3) is 10.0 Å². The highest BCUT2D eigenvalue weighted by atomic mass is 35.5. The molecule has 0 aliphatic carbocycles. The maximum absolute atomic E-state index is 14.4. The molecule has 0 saturated heterocycles. The highest BCUT2D eigenvalue weighted by Crippen LogP contribution is 2.28. The van der Waals surface area contributed by atoms with Crippen LogP contribution in [0, 0.1) is 5.82 Å². The van der Waals surface area contributed by atoms with Gasteiger partial charge in [0.05, 0.1) is 17.7 Å². The Labute approximate surface area is 268 Å². The summed E-state index contributed by atoms with van der Waals surface area (Å²) < 4.78 is 48.1. The van der Waals surface area contributed by atoms with Gasteiger partial charge in [-0.1, -0.05) is 60.1 Å². The molecule has 1 N–H and O–H groups in total. The van der Waals surface area contributed by atoms with Crippen molar-refractivity contribution in [1.29, 1.82) is 0 Å². The van der Waals surface area contributed by atoms with Crippen LogP contribution in [0.1, 0.15) is 25.0 Å². The maximum Gasteiger partial charge on any atom is 0.264 e. The first kappa shape index (κ1) is 33.5. The minimum Gasteiger partial charge on any atom is -0.497 e. The smallest absolute Gasteiger partial charge is 0.264 e. The average Bonchev–Trinajstić information content (AvgIpc) is 3.02. The summed E-state index contributed by atoms with van der Waals surface area (Å²) in [6.45, 7) is 2.90. The Balaban J connectivity index is 1.80. The Morgan fingerprint density at radius 3 is 2.16 bits per heavy atom. The lowest BCUT2D eigenvalue weighted by molar-refractivity contribution is -0.140. The molecule has 0 aromatic heterocycles. The van der Waals surface area contributed by atoms with Gasteiger partial charge in [-0.25, -0.2) is 12.8 Å². The molecule has 0 fully saturated rings. The largest absolute Gasteiger partial charge is 0.497 e. The molecule has 4 aromatic rings. The zero-order valence-corrected chi connectivity index (χ0v) is 26.8. The van der Waals surface area contributed by atoms with Gasteiger partial charge in [0.15, 0.2) is 0 Å². The highest BCUT2D eigenvalue weighted by molar-refractivity contribution is 7.92. The van der Waals surface area contributed by atoms with Crippen LogP contribution in [0.25, 0.3) is 0 Å². The molecule has 0 bridgehead atoms. The van der Waals surface area contributed by atoms with Gasteiger partial charge in [-0.15, -0.1) is 0 Å². The standard InChI is InChI=1S/C34H35ClFN3O5S/c1-24(2)37-34(41)32(20-25-8-5-4-6-9-25)38(22-26-12-14-28(36)15-13-26)33(40)23-39(29-11-7-10-27(35)21-29)45(42,43)31-18-16-30(44-3)17-19-31/h4-19,21,24,32H,20,22-23H2,1-3H3,(H,37,41)/t32-/m1/s1. The quantitative estimate of drug-likeness (QED) is 0.196.